The molecule has 108 valence electrons. The number of amides is 1. The van der Waals surface area contributed by atoms with Gasteiger partial charge in [0.05, 0.1) is 12.1 Å². The number of carbonyl (C=O) groups excluding carboxylic acids is 1. The maximum atomic E-state index is 12.8. The van der Waals surface area contributed by atoms with Gasteiger partial charge in [0.2, 0.25) is 5.91 Å². The van der Waals surface area contributed by atoms with Crippen molar-refractivity contribution in [3.63, 3.8) is 0 Å². The van der Waals surface area contributed by atoms with Gasteiger partial charge in [-0.15, -0.1) is 0 Å². The van der Waals surface area contributed by atoms with Gasteiger partial charge in [-0.05, 0) is 43.5 Å². The van der Waals surface area contributed by atoms with Gasteiger partial charge in [-0.2, -0.15) is 0 Å². The van der Waals surface area contributed by atoms with Crippen molar-refractivity contribution >= 4 is 12.0 Å². The van der Waals surface area contributed by atoms with E-state index in [0.717, 1.165) is 31.2 Å². The molecule has 1 fully saturated rings. The van der Waals surface area contributed by atoms with Gasteiger partial charge in [0, 0.05) is 5.57 Å². The quantitative estimate of drug-likeness (QED) is 0.831. The van der Waals surface area contributed by atoms with Crippen LogP contribution >= 0.6 is 0 Å². The summed E-state index contributed by atoms with van der Waals surface area (Å²) < 4.78 is 12.8. The summed E-state index contributed by atoms with van der Waals surface area (Å²) in [4.78, 5) is 12.2. The molecule has 0 radical (unpaired) electrons. The molecule has 4 heteroatoms. The van der Waals surface area contributed by atoms with Crippen molar-refractivity contribution in [2.45, 2.75) is 38.1 Å². The third-order valence-corrected chi connectivity index (χ3v) is 3.85. The van der Waals surface area contributed by atoms with E-state index in [9.17, 15) is 14.3 Å². The van der Waals surface area contributed by atoms with Gasteiger partial charge in [-0.1, -0.05) is 25.0 Å². The highest BCUT2D eigenvalue weighted by molar-refractivity contribution is 5.97. The van der Waals surface area contributed by atoms with Crippen LogP contribution in [0.2, 0.25) is 0 Å². The van der Waals surface area contributed by atoms with Gasteiger partial charge >= 0.3 is 0 Å². The Labute approximate surface area is 118 Å². The Hall–Kier alpha value is -1.68. The van der Waals surface area contributed by atoms with Gasteiger partial charge in [-0.25, -0.2) is 4.39 Å². The summed E-state index contributed by atoms with van der Waals surface area (Å²) in [5.41, 5.74) is 0.870. The number of hydrogen-bond donors (Lipinski definition) is 2. The number of rotatable bonds is 4. The first-order valence-corrected chi connectivity index (χ1v) is 6.92. The average Bonchev–Trinajstić information content (AvgIpc) is 2.90. The van der Waals surface area contributed by atoms with Crippen molar-refractivity contribution in [1.82, 2.24) is 5.32 Å². The smallest absolute Gasteiger partial charge is 0.247 e. The van der Waals surface area contributed by atoms with Gasteiger partial charge < -0.3 is 10.4 Å². The second kappa shape index (κ2) is 6.18. The lowest BCUT2D eigenvalue weighted by Gasteiger charge is -2.28. The molecule has 0 saturated heterocycles. The molecule has 0 spiro atoms. The van der Waals surface area contributed by atoms with E-state index >= 15 is 0 Å². The highest BCUT2D eigenvalue weighted by atomic mass is 19.1. The highest BCUT2D eigenvalue weighted by Crippen LogP contribution is 2.29. The van der Waals surface area contributed by atoms with E-state index in [1.165, 1.54) is 12.1 Å². The van der Waals surface area contributed by atoms with Crippen molar-refractivity contribution in [2.24, 2.45) is 0 Å². The van der Waals surface area contributed by atoms with E-state index in [1.54, 1.807) is 25.1 Å². The summed E-state index contributed by atoms with van der Waals surface area (Å²) in [6.45, 7) is 1.70. The Morgan fingerprint density at radius 3 is 2.50 bits per heavy atom. The predicted octanol–water partition coefficient (Wildman–Crippen LogP) is 2.65. The lowest BCUT2D eigenvalue weighted by atomic mass is 9.98. The number of nitrogens with one attached hydrogen (secondary N) is 1. The maximum absolute atomic E-state index is 12.8. The van der Waals surface area contributed by atoms with E-state index in [1.807, 2.05) is 0 Å². The molecular formula is C16H20FNO2. The molecule has 0 aromatic heterocycles. The number of hydrogen-bond acceptors (Lipinski definition) is 2. The normalized spacial score (nSPS) is 18.1. The van der Waals surface area contributed by atoms with E-state index in [2.05, 4.69) is 5.32 Å². The Morgan fingerprint density at radius 2 is 1.95 bits per heavy atom. The molecule has 2 rings (SSSR count). The summed E-state index contributed by atoms with van der Waals surface area (Å²) in [7, 11) is 0. The van der Waals surface area contributed by atoms with E-state index in [-0.39, 0.29) is 18.3 Å². The zero-order valence-electron chi connectivity index (χ0n) is 11.7. The van der Waals surface area contributed by atoms with Gasteiger partial charge in [0.1, 0.15) is 5.82 Å². The van der Waals surface area contributed by atoms with Crippen LogP contribution in [0.25, 0.3) is 6.08 Å². The van der Waals surface area contributed by atoms with Crippen LogP contribution in [-0.4, -0.2) is 23.2 Å². The third-order valence-electron chi connectivity index (χ3n) is 3.85. The van der Waals surface area contributed by atoms with Crippen molar-refractivity contribution in [3.05, 3.63) is 41.2 Å². The fourth-order valence-electron chi connectivity index (χ4n) is 2.59. The number of halogens is 1. The average molecular weight is 277 g/mol. The number of carbonyl (C=O) groups is 1. The molecule has 0 aliphatic heterocycles. The molecule has 0 bridgehead atoms. The van der Waals surface area contributed by atoms with Crippen LogP contribution in [0.5, 0.6) is 0 Å². The Balaban J connectivity index is 2.06. The van der Waals surface area contributed by atoms with E-state index < -0.39 is 5.54 Å². The lowest BCUT2D eigenvalue weighted by molar-refractivity contribution is -0.119. The SMILES string of the molecule is C/C(=C/c1ccc(F)cc1)C(=O)NC1(CO)CCCC1. The van der Waals surface area contributed by atoms with E-state index in [4.69, 9.17) is 0 Å². The summed E-state index contributed by atoms with van der Waals surface area (Å²) in [5.74, 6) is -0.472. The van der Waals surface area contributed by atoms with Crippen molar-refractivity contribution in [2.75, 3.05) is 6.61 Å². The van der Waals surface area contributed by atoms with Gasteiger partial charge in [0.25, 0.3) is 0 Å². The number of aliphatic hydroxyl groups is 1. The zero-order chi connectivity index (χ0) is 14.6. The van der Waals surface area contributed by atoms with Crippen molar-refractivity contribution in [3.8, 4) is 0 Å². The molecule has 1 amide bonds. The molecule has 0 atom stereocenters. The standard InChI is InChI=1S/C16H20FNO2/c1-12(10-13-4-6-14(17)7-5-13)15(20)18-16(11-19)8-2-3-9-16/h4-7,10,19H,2-3,8-9,11H2,1H3,(H,18,20)/b12-10-. The molecule has 1 aromatic rings. The van der Waals surface area contributed by atoms with Crippen LogP contribution in [0.1, 0.15) is 38.2 Å². The summed E-state index contributed by atoms with van der Waals surface area (Å²) >= 11 is 0. The Bertz CT molecular complexity index is 502. The van der Waals surface area contributed by atoms with Gasteiger partial charge in [0.15, 0.2) is 0 Å². The van der Waals surface area contributed by atoms with Crippen molar-refractivity contribution < 1.29 is 14.3 Å². The van der Waals surface area contributed by atoms with Crippen LogP contribution < -0.4 is 5.32 Å². The minimum atomic E-state index is -0.463. The summed E-state index contributed by atoms with van der Waals surface area (Å²) in [5, 5.41) is 12.4. The largest absolute Gasteiger partial charge is 0.394 e. The minimum Gasteiger partial charge on any atom is -0.394 e. The van der Waals surface area contributed by atoms with Crippen LogP contribution in [-0.2, 0) is 4.79 Å². The van der Waals surface area contributed by atoms with E-state index in [0.29, 0.717) is 5.57 Å². The van der Waals surface area contributed by atoms with Gasteiger partial charge in [-0.3, -0.25) is 4.79 Å². The molecule has 0 heterocycles. The zero-order valence-corrected chi connectivity index (χ0v) is 11.7. The van der Waals surface area contributed by atoms with Crippen LogP contribution in [0.3, 0.4) is 0 Å². The minimum absolute atomic E-state index is 0.0252. The molecule has 20 heavy (non-hydrogen) atoms. The predicted molar refractivity (Wildman–Crippen MR) is 76.5 cm³/mol. The lowest BCUT2D eigenvalue weighted by Crippen LogP contribution is -2.49. The fraction of sp³-hybridized carbons (Fsp3) is 0.438. The molecule has 3 nitrogen and oxygen atoms in total. The third kappa shape index (κ3) is 3.45. The first-order valence-electron chi connectivity index (χ1n) is 6.92. The van der Waals surface area contributed by atoms with Crippen LogP contribution in [0, 0.1) is 5.82 Å². The number of aliphatic hydroxyl groups excluding tert-OH is 1. The fourth-order valence-corrected chi connectivity index (χ4v) is 2.59. The maximum Gasteiger partial charge on any atom is 0.247 e. The van der Waals surface area contributed by atoms with Crippen LogP contribution in [0.4, 0.5) is 4.39 Å². The summed E-state index contributed by atoms with van der Waals surface area (Å²) in [6.07, 6.45) is 5.41. The first-order chi connectivity index (χ1) is 9.54. The second-order valence-electron chi connectivity index (χ2n) is 5.48. The molecule has 0 unspecified atom stereocenters. The Kier molecular flexibility index (Phi) is 4.55. The molecule has 1 aromatic carbocycles. The number of benzene rings is 1. The molecule has 2 N–H and O–H groups in total. The monoisotopic (exact) mass is 277 g/mol. The molecule has 1 aliphatic carbocycles. The van der Waals surface area contributed by atoms with Crippen molar-refractivity contribution in [1.29, 1.82) is 0 Å². The van der Waals surface area contributed by atoms with Crippen LogP contribution in [0.15, 0.2) is 29.8 Å². The molecule has 1 saturated carbocycles. The summed E-state index contributed by atoms with van der Waals surface area (Å²) in [6, 6.07) is 5.99. The topological polar surface area (TPSA) is 49.3 Å². The highest BCUT2D eigenvalue weighted by Gasteiger charge is 2.34. The molecule has 1 aliphatic rings. The second-order valence-corrected chi connectivity index (χ2v) is 5.48. The first kappa shape index (κ1) is 14.7. The Morgan fingerprint density at radius 1 is 1.35 bits per heavy atom. The molecular weight excluding hydrogens is 257 g/mol.